The number of allylic oxidation sites excluding steroid dienone is 5. The maximum absolute atomic E-state index is 3.89. The van der Waals surface area contributed by atoms with Crippen LogP contribution in [0.15, 0.2) is 232 Å². The minimum atomic E-state index is 0.989. The number of nitrogens with zero attached hydrogens (tertiary/aromatic N) is 3. The van der Waals surface area contributed by atoms with Crippen LogP contribution >= 0.6 is 0 Å². The highest BCUT2D eigenvalue weighted by Crippen LogP contribution is 2.39. The average Bonchev–Trinajstić information content (AvgIpc) is 4.05. The summed E-state index contributed by atoms with van der Waals surface area (Å²) in [6.45, 7) is 23.3. The lowest BCUT2D eigenvalue weighted by Gasteiger charge is -2.12. The number of aryl methyl sites for hydroxylation is 1. The fourth-order valence-corrected chi connectivity index (χ4v) is 8.63. The topological polar surface area (TPSA) is 14.8 Å². The van der Waals surface area contributed by atoms with Gasteiger partial charge in [-0.1, -0.05) is 187 Å². The monoisotopic (exact) mass is 859 g/mol. The lowest BCUT2D eigenvalue weighted by atomic mass is 10.0. The van der Waals surface area contributed by atoms with Crippen molar-refractivity contribution in [2.24, 2.45) is 0 Å². The Balaban J connectivity index is 0.000000260. The van der Waals surface area contributed by atoms with Gasteiger partial charge in [0.25, 0.3) is 0 Å². The Morgan fingerprint density at radius 2 is 1.02 bits per heavy atom. The van der Waals surface area contributed by atoms with E-state index in [9.17, 15) is 0 Å². The number of benzene rings is 8. The molecule has 0 atom stereocenters. The highest BCUT2D eigenvalue weighted by atomic mass is 15.0. The molecule has 328 valence electrons. The van der Waals surface area contributed by atoms with Crippen molar-refractivity contribution < 1.29 is 0 Å². The van der Waals surface area contributed by atoms with Crippen LogP contribution in [0.5, 0.6) is 0 Å². The van der Waals surface area contributed by atoms with Crippen LogP contribution in [0.3, 0.4) is 0 Å². The third-order valence-corrected chi connectivity index (χ3v) is 11.5. The van der Waals surface area contributed by atoms with Crippen LogP contribution in [0.2, 0.25) is 0 Å². The van der Waals surface area contributed by atoms with E-state index < -0.39 is 0 Å². The Morgan fingerprint density at radius 3 is 1.58 bits per heavy atom. The van der Waals surface area contributed by atoms with E-state index in [1.807, 2.05) is 45.1 Å². The summed E-state index contributed by atoms with van der Waals surface area (Å²) in [7, 11) is 0. The van der Waals surface area contributed by atoms with Crippen molar-refractivity contribution in [2.45, 2.75) is 48.0 Å². The van der Waals surface area contributed by atoms with Gasteiger partial charge >= 0.3 is 0 Å². The molecule has 0 amide bonds. The van der Waals surface area contributed by atoms with Crippen LogP contribution < -0.4 is 0 Å². The quantitative estimate of drug-likeness (QED) is 0.148. The molecule has 11 rings (SSSR count). The third kappa shape index (κ3) is 9.20. The van der Waals surface area contributed by atoms with Gasteiger partial charge in [-0.15, -0.1) is 0 Å². The van der Waals surface area contributed by atoms with Crippen molar-refractivity contribution in [3.63, 3.8) is 0 Å². The first-order valence-electron chi connectivity index (χ1n) is 23.1. The summed E-state index contributed by atoms with van der Waals surface area (Å²) in [6.07, 6.45) is 10.8. The largest absolute Gasteiger partial charge is 0.317 e. The van der Waals surface area contributed by atoms with Gasteiger partial charge in [-0.25, -0.2) is 0 Å². The molecule has 0 bridgehead atoms. The zero-order valence-electron chi connectivity index (χ0n) is 39.4. The summed E-state index contributed by atoms with van der Waals surface area (Å²) in [5, 5.41) is 8.84. The maximum Gasteiger partial charge on any atom is 0.0619 e. The van der Waals surface area contributed by atoms with E-state index in [1.54, 1.807) is 12.2 Å². The molecule has 0 N–H and O–H groups in total. The van der Waals surface area contributed by atoms with Crippen molar-refractivity contribution in [3.8, 4) is 17.1 Å². The van der Waals surface area contributed by atoms with E-state index in [4.69, 9.17) is 0 Å². The summed E-state index contributed by atoms with van der Waals surface area (Å²) in [6, 6.07) is 65.4. The molecule has 0 aliphatic rings. The summed E-state index contributed by atoms with van der Waals surface area (Å²) in [5.74, 6) is 0. The zero-order chi connectivity index (χ0) is 46.6. The molecule has 0 unspecified atom stereocenters. The summed E-state index contributed by atoms with van der Waals surface area (Å²) >= 11 is 0. The third-order valence-electron chi connectivity index (χ3n) is 11.5. The van der Waals surface area contributed by atoms with Crippen molar-refractivity contribution in [1.82, 2.24) is 13.7 Å². The Hall–Kier alpha value is -7.88. The normalized spacial score (nSPS) is 10.8. The lowest BCUT2D eigenvalue weighted by molar-refractivity contribution is 1.09. The molecular formula is C63H61N3. The van der Waals surface area contributed by atoms with Gasteiger partial charge in [-0.3, -0.25) is 0 Å². The van der Waals surface area contributed by atoms with Gasteiger partial charge in [0.1, 0.15) is 0 Å². The molecule has 8 aromatic carbocycles. The molecule has 66 heavy (non-hydrogen) atoms. The van der Waals surface area contributed by atoms with Gasteiger partial charge in [0.05, 0.1) is 27.6 Å². The Labute approximate surface area is 391 Å². The van der Waals surface area contributed by atoms with Crippen LogP contribution in [-0.2, 0) is 0 Å². The Morgan fingerprint density at radius 1 is 0.500 bits per heavy atom. The summed E-state index contributed by atoms with van der Waals surface area (Å²) < 4.78 is 7.09. The Bertz CT molecular complexity index is 3390. The van der Waals surface area contributed by atoms with Crippen LogP contribution in [0.25, 0.3) is 87.9 Å². The molecule has 0 aliphatic heterocycles. The summed E-state index contributed by atoms with van der Waals surface area (Å²) in [4.78, 5) is 0. The average molecular weight is 860 g/mol. The van der Waals surface area contributed by atoms with Crippen LogP contribution in [0.4, 0.5) is 0 Å². The molecule has 3 nitrogen and oxygen atoms in total. The predicted molar refractivity (Wildman–Crippen MR) is 292 cm³/mol. The SMILES string of the molecule is C=C/C=C\C.C=CC(=C)c1ccccc1C.CC.CCC.c1ccc(-n2c3ccccc3c3ccc4cc5c(ccn5-c5ccc(-n6c7ccccc7c7ccccc76)cc5)cc4c32)cc1. The first kappa shape index (κ1) is 46.1. The van der Waals surface area contributed by atoms with E-state index in [0.29, 0.717) is 0 Å². The molecule has 0 saturated heterocycles. The molecule has 0 fully saturated rings. The van der Waals surface area contributed by atoms with Gasteiger partial charge in [-0.05, 0) is 109 Å². The molecule has 0 radical (unpaired) electrons. The Kier molecular flexibility index (Phi) is 15.1. The molecule has 3 heterocycles. The van der Waals surface area contributed by atoms with Gasteiger partial charge < -0.3 is 13.7 Å². The van der Waals surface area contributed by atoms with Crippen molar-refractivity contribution >= 4 is 70.9 Å². The van der Waals surface area contributed by atoms with E-state index in [-0.39, 0.29) is 0 Å². The fraction of sp³-hybridized carbons (Fsp3) is 0.111. The molecule has 11 aromatic rings. The standard InChI is InChI=1S/C42H27N3.C11H12.C5H8.C3H8.C2H6/c1-2-10-31(11-3-1)45-40-17-9-6-14-35(40)36-23-18-28-27-41-29(26-37(28)42(36)45)24-25-43(41)30-19-21-32(22-20-30)44-38-15-7-4-12-33(38)34-13-5-8-16-39(34)44;1-4-9(2)11-8-6-5-7-10(11)3;1-3-5-4-2;1-3-2;1-2/h1-27H;4-8H,1-2H2,3H3;3-5H,1H2,2H3;3H2,1-2H3;1-2H3/b;;5-4-;;. The van der Waals surface area contributed by atoms with E-state index in [2.05, 4.69) is 230 Å². The lowest BCUT2D eigenvalue weighted by Crippen LogP contribution is -1.96. The second-order valence-corrected chi connectivity index (χ2v) is 15.9. The smallest absolute Gasteiger partial charge is 0.0619 e. The van der Waals surface area contributed by atoms with Gasteiger partial charge in [-0.2, -0.15) is 0 Å². The molecule has 0 spiro atoms. The number of aromatic nitrogens is 3. The van der Waals surface area contributed by atoms with E-state index in [1.165, 1.54) is 88.5 Å². The molecule has 0 aliphatic carbocycles. The highest BCUT2D eigenvalue weighted by Gasteiger charge is 2.17. The van der Waals surface area contributed by atoms with Crippen molar-refractivity contribution in [3.05, 3.63) is 243 Å². The second-order valence-electron chi connectivity index (χ2n) is 15.9. The molecular weight excluding hydrogens is 799 g/mol. The summed E-state index contributed by atoms with van der Waals surface area (Å²) in [5.41, 5.74) is 13.0. The minimum absolute atomic E-state index is 0.989. The van der Waals surface area contributed by atoms with Crippen LogP contribution in [0, 0.1) is 6.92 Å². The van der Waals surface area contributed by atoms with Crippen LogP contribution in [-0.4, -0.2) is 13.7 Å². The van der Waals surface area contributed by atoms with Gasteiger partial charge in [0.2, 0.25) is 0 Å². The van der Waals surface area contributed by atoms with Gasteiger partial charge in [0.15, 0.2) is 0 Å². The van der Waals surface area contributed by atoms with E-state index in [0.717, 1.165) is 16.9 Å². The fourth-order valence-electron chi connectivity index (χ4n) is 8.63. The molecule has 3 aromatic heterocycles. The number of fused-ring (bicyclic) bond motifs is 9. The number of hydrogen-bond donors (Lipinski definition) is 0. The van der Waals surface area contributed by atoms with Crippen LogP contribution in [0.1, 0.15) is 52.2 Å². The van der Waals surface area contributed by atoms with E-state index >= 15 is 0 Å². The van der Waals surface area contributed by atoms with Crippen molar-refractivity contribution in [1.29, 1.82) is 0 Å². The number of hydrogen-bond acceptors (Lipinski definition) is 0. The van der Waals surface area contributed by atoms with Crippen molar-refractivity contribution in [2.75, 3.05) is 0 Å². The first-order chi connectivity index (χ1) is 32.4. The maximum atomic E-state index is 3.89. The first-order valence-corrected chi connectivity index (χ1v) is 23.1. The highest BCUT2D eigenvalue weighted by molar-refractivity contribution is 6.20. The zero-order valence-corrected chi connectivity index (χ0v) is 39.4. The second kappa shape index (κ2) is 21.7. The molecule has 3 heteroatoms. The predicted octanol–water partition coefficient (Wildman–Crippen LogP) is 18.4. The van der Waals surface area contributed by atoms with Gasteiger partial charge in [0, 0.05) is 55.6 Å². The number of para-hydroxylation sites is 4. The molecule has 0 saturated carbocycles. The minimum Gasteiger partial charge on any atom is -0.317 e. The number of rotatable bonds is 6.